The van der Waals surface area contributed by atoms with Crippen LogP contribution in [0.5, 0.6) is 0 Å². The Labute approximate surface area is 160 Å². The van der Waals surface area contributed by atoms with Crippen molar-refractivity contribution < 1.29 is 14.3 Å². The fourth-order valence-corrected chi connectivity index (χ4v) is 2.86. The lowest BCUT2D eigenvalue weighted by Gasteiger charge is -2.18. The first-order valence-corrected chi connectivity index (χ1v) is 8.55. The number of ether oxygens (including phenoxy) is 1. The minimum absolute atomic E-state index is 0. The van der Waals surface area contributed by atoms with E-state index in [1.54, 1.807) is 9.80 Å². The predicted octanol–water partition coefficient (Wildman–Crippen LogP) is 3.53. The van der Waals surface area contributed by atoms with Crippen LogP contribution in [0.15, 0.2) is 60.7 Å². The van der Waals surface area contributed by atoms with E-state index in [9.17, 15) is 9.59 Å². The van der Waals surface area contributed by atoms with Gasteiger partial charge >= 0.3 is 12.0 Å². The van der Waals surface area contributed by atoms with Gasteiger partial charge in [-0.25, -0.2) is 4.79 Å². The van der Waals surface area contributed by atoms with E-state index in [2.05, 4.69) is 0 Å². The molecule has 0 aliphatic carbocycles. The highest BCUT2D eigenvalue weighted by Gasteiger charge is 2.29. The molecule has 0 aromatic heterocycles. The minimum Gasteiger partial charge on any atom is -0.465 e. The number of rotatable bonds is 7. The summed E-state index contributed by atoms with van der Waals surface area (Å²) in [6.45, 7) is 2.04. The third kappa shape index (κ3) is 5.23. The van der Waals surface area contributed by atoms with Crippen molar-refractivity contribution in [2.45, 2.75) is 12.8 Å². The van der Waals surface area contributed by atoms with Gasteiger partial charge in [0, 0.05) is 31.7 Å². The second kappa shape index (κ2) is 9.82. The van der Waals surface area contributed by atoms with Crippen LogP contribution in [-0.4, -0.2) is 43.1 Å². The molecule has 0 saturated carbocycles. The average molecular weight is 375 g/mol. The van der Waals surface area contributed by atoms with Gasteiger partial charge in [0.15, 0.2) is 0 Å². The smallest absolute Gasteiger partial charge is 0.324 e. The largest absolute Gasteiger partial charge is 0.465 e. The second-order valence-electron chi connectivity index (χ2n) is 5.96. The highest BCUT2D eigenvalue weighted by Crippen LogP contribution is 2.19. The normalized spacial score (nSPS) is 13.5. The van der Waals surface area contributed by atoms with Crippen molar-refractivity contribution >= 4 is 30.1 Å². The number of carbonyl (C=O) groups excluding carboxylic acids is 2. The second-order valence-corrected chi connectivity index (χ2v) is 5.96. The molecule has 0 spiro atoms. The van der Waals surface area contributed by atoms with Gasteiger partial charge in [0.05, 0.1) is 13.0 Å². The number of esters is 1. The molecule has 2 amide bonds. The Morgan fingerprint density at radius 2 is 1.62 bits per heavy atom. The molecule has 6 heteroatoms. The van der Waals surface area contributed by atoms with Crippen LogP contribution in [0.3, 0.4) is 0 Å². The van der Waals surface area contributed by atoms with Crippen LogP contribution in [0, 0.1) is 0 Å². The standard InChI is InChI=1S/C20H22N2O3.ClH/c23-19(25-16-12-17-7-3-1-4-8-17)11-13-21-14-15-22(20(21)24)18-9-5-2-6-10-18;/h1-10H,11-16H2;1H. The number of amides is 2. The maximum Gasteiger partial charge on any atom is 0.324 e. The molecule has 2 aromatic carbocycles. The van der Waals surface area contributed by atoms with E-state index in [0.717, 1.165) is 11.3 Å². The van der Waals surface area contributed by atoms with Crippen LogP contribution in [0.25, 0.3) is 0 Å². The molecule has 5 nitrogen and oxygen atoms in total. The van der Waals surface area contributed by atoms with Gasteiger partial charge in [-0.3, -0.25) is 9.69 Å². The Hall–Kier alpha value is -2.53. The molecule has 1 heterocycles. The van der Waals surface area contributed by atoms with E-state index < -0.39 is 0 Å². The molecule has 0 unspecified atom stereocenters. The Kier molecular flexibility index (Phi) is 7.48. The molecule has 0 atom stereocenters. The molecule has 0 radical (unpaired) electrons. The van der Waals surface area contributed by atoms with Crippen molar-refractivity contribution in [3.8, 4) is 0 Å². The fourth-order valence-electron chi connectivity index (χ4n) is 2.86. The first kappa shape index (κ1) is 19.8. The lowest BCUT2D eigenvalue weighted by atomic mass is 10.2. The summed E-state index contributed by atoms with van der Waals surface area (Å²) in [5.41, 5.74) is 2.03. The summed E-state index contributed by atoms with van der Waals surface area (Å²) in [6.07, 6.45) is 0.931. The summed E-state index contributed by atoms with van der Waals surface area (Å²) in [5.74, 6) is -0.262. The molecule has 3 rings (SSSR count). The predicted molar refractivity (Wildman–Crippen MR) is 104 cm³/mol. The van der Waals surface area contributed by atoms with Crippen LogP contribution in [-0.2, 0) is 16.0 Å². The van der Waals surface area contributed by atoms with E-state index in [1.807, 2.05) is 60.7 Å². The topological polar surface area (TPSA) is 49.9 Å². The lowest BCUT2D eigenvalue weighted by Crippen LogP contribution is -2.33. The van der Waals surface area contributed by atoms with Crippen LogP contribution in [0.2, 0.25) is 0 Å². The number of nitrogens with zero attached hydrogens (tertiary/aromatic N) is 2. The van der Waals surface area contributed by atoms with Crippen molar-refractivity contribution in [2.24, 2.45) is 0 Å². The number of urea groups is 1. The van der Waals surface area contributed by atoms with Gasteiger partial charge in [-0.1, -0.05) is 48.5 Å². The summed E-state index contributed by atoms with van der Waals surface area (Å²) in [7, 11) is 0. The molecule has 0 bridgehead atoms. The van der Waals surface area contributed by atoms with Crippen LogP contribution < -0.4 is 4.90 Å². The van der Waals surface area contributed by atoms with Crippen molar-refractivity contribution in [3.05, 3.63) is 66.2 Å². The third-order valence-electron chi connectivity index (χ3n) is 4.25. The summed E-state index contributed by atoms with van der Waals surface area (Å²) in [4.78, 5) is 27.7. The van der Waals surface area contributed by atoms with Gasteiger partial charge in [0.1, 0.15) is 0 Å². The number of hydrogen-bond acceptors (Lipinski definition) is 3. The number of hydrogen-bond donors (Lipinski definition) is 0. The SMILES string of the molecule is Cl.O=C(CCN1CCN(c2ccccc2)C1=O)OCCc1ccccc1. The van der Waals surface area contributed by atoms with Gasteiger partial charge in [-0.15, -0.1) is 12.4 Å². The zero-order valence-corrected chi connectivity index (χ0v) is 15.4. The summed E-state index contributed by atoms with van der Waals surface area (Å²) in [5, 5.41) is 0. The number of carbonyl (C=O) groups is 2. The lowest BCUT2D eigenvalue weighted by molar-refractivity contribution is -0.143. The maximum absolute atomic E-state index is 12.4. The number of para-hydroxylation sites is 1. The number of benzene rings is 2. The first-order valence-electron chi connectivity index (χ1n) is 8.55. The molecule has 1 fully saturated rings. The summed E-state index contributed by atoms with van der Waals surface area (Å²) < 4.78 is 5.26. The number of halogens is 1. The third-order valence-corrected chi connectivity index (χ3v) is 4.25. The van der Waals surface area contributed by atoms with E-state index in [4.69, 9.17) is 4.74 Å². The van der Waals surface area contributed by atoms with Crippen molar-refractivity contribution in [3.63, 3.8) is 0 Å². The van der Waals surface area contributed by atoms with Gasteiger partial charge in [0.2, 0.25) is 0 Å². The van der Waals surface area contributed by atoms with E-state index in [-0.39, 0.29) is 30.8 Å². The van der Waals surface area contributed by atoms with Crippen molar-refractivity contribution in [2.75, 3.05) is 31.1 Å². The van der Waals surface area contributed by atoms with E-state index in [1.165, 1.54) is 0 Å². The quantitative estimate of drug-likeness (QED) is 0.696. The summed E-state index contributed by atoms with van der Waals surface area (Å²) >= 11 is 0. The molecule has 138 valence electrons. The van der Waals surface area contributed by atoms with Gasteiger partial charge < -0.3 is 9.64 Å². The minimum atomic E-state index is -0.262. The van der Waals surface area contributed by atoms with Crippen LogP contribution in [0.1, 0.15) is 12.0 Å². The zero-order chi connectivity index (χ0) is 17.5. The van der Waals surface area contributed by atoms with E-state index in [0.29, 0.717) is 32.7 Å². The Balaban J connectivity index is 0.00000243. The maximum atomic E-state index is 12.4. The van der Waals surface area contributed by atoms with Gasteiger partial charge in [-0.2, -0.15) is 0 Å². The average Bonchev–Trinajstić information content (AvgIpc) is 3.02. The zero-order valence-electron chi connectivity index (χ0n) is 14.5. The van der Waals surface area contributed by atoms with Gasteiger partial charge in [0.25, 0.3) is 0 Å². The molecule has 0 N–H and O–H groups in total. The molecule has 2 aromatic rings. The molecule has 1 saturated heterocycles. The Bertz CT molecular complexity index is 710. The molecule has 1 aliphatic rings. The highest BCUT2D eigenvalue weighted by molar-refractivity contribution is 5.94. The van der Waals surface area contributed by atoms with E-state index >= 15 is 0 Å². The first-order chi connectivity index (χ1) is 12.2. The van der Waals surface area contributed by atoms with Crippen LogP contribution >= 0.6 is 12.4 Å². The molecule has 1 aliphatic heterocycles. The van der Waals surface area contributed by atoms with Crippen LogP contribution in [0.4, 0.5) is 10.5 Å². The Morgan fingerprint density at radius 3 is 2.31 bits per heavy atom. The summed E-state index contributed by atoms with van der Waals surface area (Å²) in [6, 6.07) is 19.4. The highest BCUT2D eigenvalue weighted by atomic mass is 35.5. The monoisotopic (exact) mass is 374 g/mol. The van der Waals surface area contributed by atoms with Crippen molar-refractivity contribution in [1.82, 2.24) is 4.90 Å². The molecular formula is C20H23ClN2O3. The van der Waals surface area contributed by atoms with Crippen molar-refractivity contribution in [1.29, 1.82) is 0 Å². The Morgan fingerprint density at radius 1 is 0.962 bits per heavy atom. The van der Waals surface area contributed by atoms with Gasteiger partial charge in [-0.05, 0) is 17.7 Å². The molecular weight excluding hydrogens is 352 g/mol. The molecule has 26 heavy (non-hydrogen) atoms. The fraction of sp³-hybridized carbons (Fsp3) is 0.300. The number of anilines is 1.